The first-order chi connectivity index (χ1) is 10.4. The van der Waals surface area contributed by atoms with Crippen molar-refractivity contribution >= 4 is 5.78 Å². The van der Waals surface area contributed by atoms with E-state index in [1.807, 2.05) is 19.9 Å². The fourth-order valence-corrected chi connectivity index (χ4v) is 2.74. The number of aromatic amines is 1. The number of carbonyl (C=O) groups excluding carboxylic acids is 1. The zero-order valence-corrected chi connectivity index (χ0v) is 13.3. The fourth-order valence-electron chi connectivity index (χ4n) is 2.74. The first kappa shape index (κ1) is 15.9. The van der Waals surface area contributed by atoms with E-state index in [2.05, 4.69) is 4.98 Å². The molecule has 0 unspecified atom stereocenters. The number of rotatable bonds is 4. The monoisotopic (exact) mass is 300 g/mol. The van der Waals surface area contributed by atoms with Crippen LogP contribution >= 0.6 is 0 Å². The number of aromatic nitrogens is 2. The van der Waals surface area contributed by atoms with Gasteiger partial charge in [-0.1, -0.05) is 24.1 Å². The molecule has 0 saturated carbocycles. The summed E-state index contributed by atoms with van der Waals surface area (Å²) in [5.41, 5.74) is 1.96. The number of carbonyl (C=O) groups is 1. The summed E-state index contributed by atoms with van der Waals surface area (Å²) in [5.74, 6) is -0.284. The summed E-state index contributed by atoms with van der Waals surface area (Å²) < 4.78 is 1.33. The van der Waals surface area contributed by atoms with Crippen LogP contribution in [0.1, 0.15) is 46.6 Å². The first-order valence-electron chi connectivity index (χ1n) is 7.38. The van der Waals surface area contributed by atoms with Crippen LogP contribution in [-0.4, -0.2) is 15.3 Å². The Morgan fingerprint density at radius 1 is 1.09 bits per heavy atom. The maximum Gasteiger partial charge on any atom is 0.328 e. The molecule has 0 amide bonds. The van der Waals surface area contributed by atoms with E-state index in [0.717, 1.165) is 11.1 Å². The third-order valence-electron chi connectivity index (χ3n) is 3.66. The van der Waals surface area contributed by atoms with Crippen LogP contribution in [0, 0.1) is 13.8 Å². The Kier molecular flexibility index (Phi) is 4.45. The Morgan fingerprint density at radius 2 is 1.68 bits per heavy atom. The average molecular weight is 300 g/mol. The summed E-state index contributed by atoms with van der Waals surface area (Å²) in [6.45, 7) is 7.73. The van der Waals surface area contributed by atoms with Crippen molar-refractivity contribution in [3.8, 4) is 0 Å². The minimum absolute atomic E-state index is 0.198. The van der Waals surface area contributed by atoms with E-state index < -0.39 is 11.2 Å². The Bertz CT molecular complexity index is 787. The summed E-state index contributed by atoms with van der Waals surface area (Å²) in [5, 5.41) is 0. The highest BCUT2D eigenvalue weighted by atomic mass is 16.2. The van der Waals surface area contributed by atoms with Crippen LogP contribution in [0.4, 0.5) is 0 Å². The van der Waals surface area contributed by atoms with E-state index in [9.17, 15) is 14.4 Å². The highest BCUT2D eigenvalue weighted by Crippen LogP contribution is 2.15. The third-order valence-corrected chi connectivity index (χ3v) is 3.66. The molecule has 2 rings (SSSR count). The van der Waals surface area contributed by atoms with E-state index in [1.54, 1.807) is 26.0 Å². The molecule has 1 aromatic carbocycles. The van der Waals surface area contributed by atoms with Crippen molar-refractivity contribution in [2.24, 2.45) is 0 Å². The molecule has 22 heavy (non-hydrogen) atoms. The quantitative estimate of drug-likeness (QED) is 0.877. The number of hydrogen-bond donors (Lipinski definition) is 1. The van der Waals surface area contributed by atoms with Crippen LogP contribution in [0.25, 0.3) is 0 Å². The predicted molar refractivity (Wildman–Crippen MR) is 85.7 cm³/mol. The van der Waals surface area contributed by atoms with Gasteiger partial charge >= 0.3 is 5.69 Å². The van der Waals surface area contributed by atoms with E-state index in [-0.39, 0.29) is 11.5 Å². The molecule has 0 spiro atoms. The smallest absolute Gasteiger partial charge is 0.290 e. The molecule has 0 fully saturated rings. The molecular weight excluding hydrogens is 280 g/mol. The Balaban J connectivity index is 2.77. The van der Waals surface area contributed by atoms with Crippen molar-refractivity contribution in [2.75, 3.05) is 0 Å². The van der Waals surface area contributed by atoms with E-state index in [0.29, 0.717) is 24.1 Å². The predicted octanol–water partition coefficient (Wildman–Crippen LogP) is 1.97. The highest BCUT2D eigenvalue weighted by Gasteiger charge is 2.21. The number of aryl methyl sites for hydroxylation is 2. The van der Waals surface area contributed by atoms with Crippen molar-refractivity contribution < 1.29 is 4.79 Å². The highest BCUT2D eigenvalue weighted by molar-refractivity contribution is 6.09. The van der Waals surface area contributed by atoms with Gasteiger partial charge in [0.1, 0.15) is 5.69 Å². The topological polar surface area (TPSA) is 71.9 Å². The SMILES string of the molecule is CCc1c(C(=O)c2cc(C)cc(C)c2)n(CC)c(=O)[nH]c1=O. The van der Waals surface area contributed by atoms with Crippen molar-refractivity contribution in [1.29, 1.82) is 0 Å². The molecule has 1 aromatic heterocycles. The summed E-state index contributed by atoms with van der Waals surface area (Å²) in [7, 11) is 0. The number of hydrogen-bond acceptors (Lipinski definition) is 3. The number of nitrogens with one attached hydrogen (secondary N) is 1. The van der Waals surface area contributed by atoms with Gasteiger partial charge in [-0.05, 0) is 39.3 Å². The van der Waals surface area contributed by atoms with Crippen molar-refractivity contribution in [1.82, 2.24) is 9.55 Å². The van der Waals surface area contributed by atoms with Crippen LogP contribution in [0.5, 0.6) is 0 Å². The second-order valence-electron chi connectivity index (χ2n) is 5.39. The number of nitrogens with zero attached hydrogens (tertiary/aromatic N) is 1. The maximum atomic E-state index is 12.9. The van der Waals surface area contributed by atoms with Crippen LogP contribution < -0.4 is 11.2 Å². The van der Waals surface area contributed by atoms with Crippen molar-refractivity contribution in [2.45, 2.75) is 40.7 Å². The Labute approximate surface area is 128 Å². The largest absolute Gasteiger partial charge is 0.328 e. The molecule has 5 nitrogen and oxygen atoms in total. The first-order valence-corrected chi connectivity index (χ1v) is 7.38. The summed E-state index contributed by atoms with van der Waals surface area (Å²) in [4.78, 5) is 39.2. The lowest BCUT2D eigenvalue weighted by Crippen LogP contribution is -2.37. The molecule has 0 saturated heterocycles. The standard InChI is InChI=1S/C17H20N2O3/c1-5-13-14(19(6-2)17(22)18-16(13)21)15(20)12-8-10(3)7-11(4)9-12/h7-9H,5-6H2,1-4H3,(H,18,21,22). The third kappa shape index (κ3) is 2.79. The van der Waals surface area contributed by atoms with Gasteiger partial charge in [0.05, 0.1) is 0 Å². The summed E-state index contributed by atoms with van der Waals surface area (Å²) in [6.07, 6.45) is 0.390. The molecule has 5 heteroatoms. The van der Waals surface area contributed by atoms with Gasteiger partial charge in [-0.2, -0.15) is 0 Å². The van der Waals surface area contributed by atoms with Gasteiger partial charge in [-0.3, -0.25) is 19.1 Å². The lowest BCUT2D eigenvalue weighted by Gasteiger charge is -2.13. The Morgan fingerprint density at radius 3 is 2.18 bits per heavy atom. The van der Waals surface area contributed by atoms with Crippen LogP contribution in [0.2, 0.25) is 0 Å². The average Bonchev–Trinajstić information content (AvgIpc) is 2.44. The molecule has 2 aromatic rings. The van der Waals surface area contributed by atoms with Gasteiger partial charge in [0.15, 0.2) is 0 Å². The molecule has 0 bridgehead atoms. The molecule has 0 radical (unpaired) electrons. The molecule has 0 aliphatic carbocycles. The van der Waals surface area contributed by atoms with Crippen molar-refractivity contribution in [3.05, 3.63) is 67.0 Å². The molecule has 1 N–H and O–H groups in total. The van der Waals surface area contributed by atoms with Gasteiger partial charge in [0, 0.05) is 17.7 Å². The molecule has 0 atom stereocenters. The lowest BCUT2D eigenvalue weighted by molar-refractivity contribution is 0.102. The van der Waals surface area contributed by atoms with Gasteiger partial charge in [0.2, 0.25) is 5.78 Å². The van der Waals surface area contributed by atoms with E-state index in [4.69, 9.17) is 0 Å². The van der Waals surface area contributed by atoms with E-state index in [1.165, 1.54) is 4.57 Å². The minimum Gasteiger partial charge on any atom is -0.290 e. The van der Waals surface area contributed by atoms with Crippen LogP contribution in [0.15, 0.2) is 27.8 Å². The molecule has 0 aliphatic heterocycles. The Hall–Kier alpha value is -2.43. The zero-order chi connectivity index (χ0) is 16.4. The molecule has 116 valence electrons. The van der Waals surface area contributed by atoms with E-state index >= 15 is 0 Å². The molecule has 0 aliphatic rings. The molecule has 1 heterocycles. The normalized spacial score (nSPS) is 10.7. The number of benzene rings is 1. The fraction of sp³-hybridized carbons (Fsp3) is 0.353. The van der Waals surface area contributed by atoms with Crippen molar-refractivity contribution in [3.63, 3.8) is 0 Å². The minimum atomic E-state index is -0.544. The second-order valence-corrected chi connectivity index (χ2v) is 5.39. The second kappa shape index (κ2) is 6.13. The molecular formula is C17H20N2O3. The number of ketones is 1. The summed E-state index contributed by atoms with van der Waals surface area (Å²) in [6, 6.07) is 5.53. The summed E-state index contributed by atoms with van der Waals surface area (Å²) >= 11 is 0. The van der Waals surface area contributed by atoms with Gasteiger partial charge in [-0.25, -0.2) is 4.79 Å². The van der Waals surface area contributed by atoms with Gasteiger partial charge < -0.3 is 0 Å². The van der Waals surface area contributed by atoms with Crippen LogP contribution in [0.3, 0.4) is 0 Å². The van der Waals surface area contributed by atoms with Gasteiger partial charge in [-0.15, -0.1) is 0 Å². The number of H-pyrrole nitrogens is 1. The van der Waals surface area contributed by atoms with Crippen LogP contribution in [-0.2, 0) is 13.0 Å². The maximum absolute atomic E-state index is 12.9. The lowest BCUT2D eigenvalue weighted by atomic mass is 9.99. The van der Waals surface area contributed by atoms with Gasteiger partial charge in [0.25, 0.3) is 5.56 Å². The zero-order valence-electron chi connectivity index (χ0n) is 13.3.